The molecular weight excluding hydrogens is 264 g/mol. The van der Waals surface area contributed by atoms with Crippen molar-refractivity contribution in [2.24, 2.45) is 0 Å². The second-order valence-electron chi connectivity index (χ2n) is 4.32. The number of hydrogen-bond acceptors (Lipinski definition) is 4. The van der Waals surface area contributed by atoms with Gasteiger partial charge < -0.3 is 4.98 Å². The molecule has 0 aliphatic heterocycles. The molecule has 1 N–H and O–H groups in total. The molecular formula is C13H14N2O3S. The molecule has 0 spiro atoms. The average molecular weight is 278 g/mol. The third-order valence-electron chi connectivity index (χ3n) is 2.77. The quantitative estimate of drug-likeness (QED) is 0.669. The number of hydrogen-bond donors (Lipinski definition) is 1. The first-order valence-corrected chi connectivity index (χ1v) is 7.66. The van der Waals surface area contributed by atoms with Crippen LogP contribution in [0.5, 0.6) is 0 Å². The lowest BCUT2D eigenvalue weighted by Gasteiger charge is -2.02. The van der Waals surface area contributed by atoms with Crippen molar-refractivity contribution in [1.29, 1.82) is 5.26 Å². The molecule has 2 rings (SSSR count). The summed E-state index contributed by atoms with van der Waals surface area (Å²) in [6, 6.07) is 7.96. The van der Waals surface area contributed by atoms with Crippen LogP contribution in [0.3, 0.4) is 0 Å². The van der Waals surface area contributed by atoms with Crippen molar-refractivity contribution in [2.75, 3.05) is 12.9 Å². The molecule has 0 aliphatic carbocycles. The molecule has 0 bridgehead atoms. The highest BCUT2D eigenvalue weighted by molar-refractivity contribution is 7.85. The standard InChI is InChI=1S/C13H14N2O3S/c1-19(16,17)18-6-2-3-10-4-5-13-12(7-10)11(8-14)9-15-13/h4-5,7,9,15H,2-3,6H2,1H3. The number of nitriles is 1. The second-order valence-corrected chi connectivity index (χ2v) is 5.97. The predicted octanol–water partition coefficient (Wildman–Crippen LogP) is 1.95. The molecule has 0 saturated heterocycles. The number of aromatic amines is 1. The number of fused-ring (bicyclic) bond motifs is 1. The van der Waals surface area contributed by atoms with Crippen LogP contribution in [-0.2, 0) is 20.7 Å². The van der Waals surface area contributed by atoms with Crippen LogP contribution >= 0.6 is 0 Å². The molecule has 0 saturated carbocycles. The van der Waals surface area contributed by atoms with Crippen molar-refractivity contribution in [1.82, 2.24) is 4.98 Å². The van der Waals surface area contributed by atoms with Crippen LogP contribution in [0.1, 0.15) is 17.5 Å². The van der Waals surface area contributed by atoms with Crippen LogP contribution < -0.4 is 0 Å². The van der Waals surface area contributed by atoms with Crippen molar-refractivity contribution in [3.8, 4) is 6.07 Å². The van der Waals surface area contributed by atoms with Gasteiger partial charge in [-0.15, -0.1) is 0 Å². The Labute approximate surface area is 111 Å². The van der Waals surface area contributed by atoms with Gasteiger partial charge in [-0.2, -0.15) is 13.7 Å². The van der Waals surface area contributed by atoms with Gasteiger partial charge >= 0.3 is 0 Å². The topological polar surface area (TPSA) is 83.0 Å². The Balaban J connectivity index is 2.03. The summed E-state index contributed by atoms with van der Waals surface area (Å²) in [5.41, 5.74) is 2.60. The Morgan fingerprint density at radius 3 is 2.89 bits per heavy atom. The molecule has 0 amide bonds. The van der Waals surface area contributed by atoms with E-state index >= 15 is 0 Å². The lowest BCUT2D eigenvalue weighted by atomic mass is 10.1. The van der Waals surface area contributed by atoms with Crippen LogP contribution in [0.25, 0.3) is 10.9 Å². The minimum atomic E-state index is -3.36. The zero-order chi connectivity index (χ0) is 13.9. The van der Waals surface area contributed by atoms with Crippen LogP contribution in [-0.4, -0.2) is 26.3 Å². The zero-order valence-corrected chi connectivity index (χ0v) is 11.3. The first-order valence-electron chi connectivity index (χ1n) is 5.84. The lowest BCUT2D eigenvalue weighted by Crippen LogP contribution is -2.04. The molecule has 1 aromatic carbocycles. The maximum absolute atomic E-state index is 10.8. The van der Waals surface area contributed by atoms with Gasteiger partial charge in [-0.25, -0.2) is 0 Å². The van der Waals surface area contributed by atoms with E-state index in [4.69, 9.17) is 5.26 Å². The van der Waals surface area contributed by atoms with Gasteiger partial charge in [-0.1, -0.05) is 6.07 Å². The van der Waals surface area contributed by atoms with E-state index in [1.807, 2.05) is 18.2 Å². The van der Waals surface area contributed by atoms with Gasteiger partial charge in [0, 0.05) is 17.1 Å². The monoisotopic (exact) mass is 278 g/mol. The molecule has 0 aliphatic rings. The summed E-state index contributed by atoms with van der Waals surface area (Å²) >= 11 is 0. The van der Waals surface area contributed by atoms with Crippen LogP contribution in [0.4, 0.5) is 0 Å². The number of rotatable bonds is 5. The summed E-state index contributed by atoms with van der Waals surface area (Å²) in [6.07, 6.45) is 4.05. The van der Waals surface area contributed by atoms with Crippen LogP contribution in [0.2, 0.25) is 0 Å². The van der Waals surface area contributed by atoms with E-state index in [1.54, 1.807) is 6.20 Å². The third-order valence-corrected chi connectivity index (χ3v) is 3.37. The SMILES string of the molecule is CS(=O)(=O)OCCCc1ccc2[nH]cc(C#N)c2c1. The minimum Gasteiger partial charge on any atom is -0.360 e. The highest BCUT2D eigenvalue weighted by atomic mass is 32.2. The number of aromatic nitrogens is 1. The smallest absolute Gasteiger partial charge is 0.264 e. The lowest BCUT2D eigenvalue weighted by molar-refractivity contribution is 0.316. The van der Waals surface area contributed by atoms with Gasteiger partial charge in [0.2, 0.25) is 0 Å². The molecule has 100 valence electrons. The summed E-state index contributed by atoms with van der Waals surface area (Å²) in [6.45, 7) is 0.176. The maximum Gasteiger partial charge on any atom is 0.264 e. The van der Waals surface area contributed by atoms with E-state index in [2.05, 4.69) is 15.2 Å². The van der Waals surface area contributed by atoms with E-state index in [-0.39, 0.29) is 6.61 Å². The summed E-state index contributed by atoms with van der Waals surface area (Å²) in [5.74, 6) is 0. The van der Waals surface area contributed by atoms with Crippen molar-refractivity contribution in [2.45, 2.75) is 12.8 Å². The van der Waals surface area contributed by atoms with E-state index < -0.39 is 10.1 Å². The Kier molecular flexibility index (Phi) is 3.88. The Morgan fingerprint density at radius 2 is 2.21 bits per heavy atom. The first kappa shape index (κ1) is 13.6. The van der Waals surface area contributed by atoms with E-state index in [0.717, 1.165) is 22.7 Å². The molecule has 0 radical (unpaired) electrons. The number of benzene rings is 1. The van der Waals surface area contributed by atoms with Gasteiger partial charge in [0.05, 0.1) is 18.4 Å². The van der Waals surface area contributed by atoms with E-state index in [1.165, 1.54) is 0 Å². The molecule has 0 unspecified atom stereocenters. The van der Waals surface area contributed by atoms with Gasteiger partial charge in [0.25, 0.3) is 10.1 Å². The molecule has 1 aromatic heterocycles. The minimum absolute atomic E-state index is 0.176. The van der Waals surface area contributed by atoms with Crippen LogP contribution in [0.15, 0.2) is 24.4 Å². The molecule has 2 aromatic rings. The maximum atomic E-state index is 10.8. The summed E-state index contributed by atoms with van der Waals surface area (Å²) in [4.78, 5) is 3.03. The van der Waals surface area contributed by atoms with Crippen LogP contribution in [0, 0.1) is 11.3 Å². The van der Waals surface area contributed by atoms with Gasteiger partial charge in [-0.3, -0.25) is 4.18 Å². The fraction of sp³-hybridized carbons (Fsp3) is 0.308. The first-order chi connectivity index (χ1) is 8.99. The third kappa shape index (κ3) is 3.56. The normalized spacial score (nSPS) is 11.6. The van der Waals surface area contributed by atoms with Crippen molar-refractivity contribution >= 4 is 21.0 Å². The second kappa shape index (κ2) is 5.43. The fourth-order valence-electron chi connectivity index (χ4n) is 1.90. The molecule has 19 heavy (non-hydrogen) atoms. The number of nitrogens with zero attached hydrogens (tertiary/aromatic N) is 1. The highest BCUT2D eigenvalue weighted by Gasteiger charge is 2.05. The van der Waals surface area contributed by atoms with Crippen molar-refractivity contribution in [3.63, 3.8) is 0 Å². The highest BCUT2D eigenvalue weighted by Crippen LogP contribution is 2.19. The van der Waals surface area contributed by atoms with Crippen molar-refractivity contribution in [3.05, 3.63) is 35.5 Å². The fourth-order valence-corrected chi connectivity index (χ4v) is 2.32. The zero-order valence-electron chi connectivity index (χ0n) is 10.5. The Bertz CT molecular complexity index is 726. The Morgan fingerprint density at radius 1 is 1.42 bits per heavy atom. The molecule has 0 fully saturated rings. The molecule has 6 heteroatoms. The van der Waals surface area contributed by atoms with Crippen molar-refractivity contribution < 1.29 is 12.6 Å². The summed E-state index contributed by atoms with van der Waals surface area (Å²) in [7, 11) is -3.36. The number of aryl methyl sites for hydroxylation is 1. The van der Waals surface area contributed by atoms with Gasteiger partial charge in [0.1, 0.15) is 6.07 Å². The summed E-state index contributed by atoms with van der Waals surface area (Å²) in [5, 5.41) is 9.85. The number of H-pyrrole nitrogens is 1. The van der Waals surface area contributed by atoms with Gasteiger partial charge in [0.15, 0.2) is 0 Å². The van der Waals surface area contributed by atoms with E-state index in [9.17, 15) is 8.42 Å². The summed E-state index contributed by atoms with van der Waals surface area (Å²) < 4.78 is 26.3. The molecule has 0 atom stereocenters. The Hall–Kier alpha value is -1.84. The number of nitrogens with one attached hydrogen (secondary N) is 1. The van der Waals surface area contributed by atoms with Gasteiger partial charge in [-0.05, 0) is 30.5 Å². The van der Waals surface area contributed by atoms with E-state index in [0.29, 0.717) is 18.4 Å². The molecule has 1 heterocycles. The predicted molar refractivity (Wildman–Crippen MR) is 72.1 cm³/mol. The average Bonchev–Trinajstić information content (AvgIpc) is 2.75. The molecule has 5 nitrogen and oxygen atoms in total. The largest absolute Gasteiger partial charge is 0.360 e.